The van der Waals surface area contributed by atoms with Crippen molar-refractivity contribution in [2.45, 2.75) is 177 Å². The molecular formula is C82H102N16O14S2. The van der Waals surface area contributed by atoms with E-state index in [0.29, 0.717) is 33.8 Å². The number of fused-ring (bicyclic) bond motifs is 6. The number of nitrogens with two attached hydrogens (primary N) is 2. The van der Waals surface area contributed by atoms with Crippen LogP contribution in [0.5, 0.6) is 0 Å². The van der Waals surface area contributed by atoms with Gasteiger partial charge in [0.05, 0.1) is 0 Å². The van der Waals surface area contributed by atoms with Gasteiger partial charge >= 0.3 is 0 Å². The van der Waals surface area contributed by atoms with Gasteiger partial charge in [-0.1, -0.05) is 125 Å². The van der Waals surface area contributed by atoms with E-state index < -0.39 is 155 Å². The van der Waals surface area contributed by atoms with Crippen LogP contribution < -0.4 is 54.0 Å². The first-order valence-corrected chi connectivity index (χ1v) is 40.8. The van der Waals surface area contributed by atoms with Crippen molar-refractivity contribution in [2.75, 3.05) is 37.1 Å². The molecule has 6 aromatic rings. The minimum atomic E-state index is -1.52. The summed E-state index contributed by atoms with van der Waals surface area (Å²) in [5.41, 5.74) is 15.5. The lowest BCUT2D eigenvalue weighted by molar-refractivity contribution is -0.144. The molecule has 14 amide bonds. The summed E-state index contributed by atoms with van der Waals surface area (Å²) >= 11 is 2.78. The van der Waals surface area contributed by atoms with Crippen LogP contribution in [0.3, 0.4) is 0 Å². The van der Waals surface area contributed by atoms with Crippen molar-refractivity contribution >= 4 is 128 Å². The molecule has 14 N–H and O–H groups in total. The number of amides is 14. The van der Waals surface area contributed by atoms with Crippen molar-refractivity contribution < 1.29 is 67.1 Å². The molecule has 0 aliphatic carbocycles. The highest BCUT2D eigenvalue weighted by Gasteiger charge is 2.44. The standard InChI is InChI=1S/C82H102N16O14S2/c1-47(2)39-67-77(107)89-59(73(103)87-57(25-27-69(83)99)71(101)93-63(43-51-45-85-55-23-15-13-21-53(51)55)79(109)95(5)65(41-49-17-9-7-10-18-49)75(105)91-61-29-33-97(67)81(61)111)31-35-113-37-38-114-36-32-60-74(104)88-58(26-28-70(84)100)72(102)94-64(44-52-46-86-56-24-16-14-22-54(52)56)80(110)96(6)66(42-50-19-11-8-12-20-50)76(106)92-62-30-34-98(82(62)112)68(40-48(3)4)78(108)90-60/h7-24,29-30,33-34,45-48,57-68,85-86H,25-28,31-32,35-44H2,1-6H3,(H2,83,99)(H2,84,100)(H,87,103)(H,88,104)(H,89,107)(H,90,108)(H,91,105)(H,92,106)(H,93,101)(H,94,102)/t57?,58?,59-,60-,61?,62?,63?,64?,65+,66+,67+,68+/m1/s1. The molecule has 10 rings (SSSR count). The second-order valence-electron chi connectivity index (χ2n) is 30.1. The minimum Gasteiger partial charge on any atom is -0.370 e. The number of likely N-dealkylation sites (N-methyl/N-ethyl adjacent to an activating group) is 2. The fourth-order valence-electron chi connectivity index (χ4n) is 14.5. The van der Waals surface area contributed by atoms with Gasteiger partial charge in [0.1, 0.15) is 72.5 Å². The van der Waals surface area contributed by atoms with Gasteiger partial charge in [0.2, 0.25) is 70.9 Å². The van der Waals surface area contributed by atoms with E-state index in [1.807, 2.05) is 76.2 Å². The molecule has 4 bridgehead atoms. The van der Waals surface area contributed by atoms with Gasteiger partial charge in [-0.15, -0.1) is 0 Å². The Morgan fingerprint density at radius 3 is 1.06 bits per heavy atom. The molecule has 0 spiro atoms. The molecule has 2 fully saturated rings. The van der Waals surface area contributed by atoms with E-state index in [0.717, 1.165) is 21.8 Å². The zero-order valence-electron chi connectivity index (χ0n) is 64.7. The number of aromatic amines is 2. The Morgan fingerprint density at radius 2 is 0.702 bits per heavy atom. The number of rotatable bonds is 27. The van der Waals surface area contributed by atoms with Crippen molar-refractivity contribution in [3.8, 4) is 0 Å². The Morgan fingerprint density at radius 1 is 0.377 bits per heavy atom. The molecule has 12 atom stereocenters. The van der Waals surface area contributed by atoms with Crippen LogP contribution in [0.2, 0.25) is 0 Å². The quantitative estimate of drug-likeness (QED) is 0.0330. The summed E-state index contributed by atoms with van der Waals surface area (Å²) in [6.07, 6.45) is 7.57. The molecule has 2 saturated heterocycles. The maximum atomic E-state index is 15.2. The lowest BCUT2D eigenvalue weighted by Gasteiger charge is -2.33. The van der Waals surface area contributed by atoms with Gasteiger partial charge in [-0.3, -0.25) is 67.1 Å². The van der Waals surface area contributed by atoms with Crippen molar-refractivity contribution in [1.29, 1.82) is 0 Å². The minimum absolute atomic E-state index is 0.00791. The van der Waals surface area contributed by atoms with Gasteiger partial charge in [0.15, 0.2) is 0 Å². The van der Waals surface area contributed by atoms with Crippen molar-refractivity contribution in [1.82, 2.24) is 72.1 Å². The number of carbonyl (C=O) groups is 14. The number of para-hydroxylation sites is 2. The van der Waals surface area contributed by atoms with E-state index >= 15 is 19.2 Å². The van der Waals surface area contributed by atoms with E-state index in [2.05, 4.69) is 52.5 Å². The molecule has 32 heteroatoms. The van der Waals surface area contributed by atoms with E-state index in [9.17, 15) is 47.9 Å². The van der Waals surface area contributed by atoms with Gasteiger partial charge in [0, 0.05) is 111 Å². The van der Waals surface area contributed by atoms with Crippen molar-refractivity contribution in [3.05, 3.63) is 168 Å². The highest BCUT2D eigenvalue weighted by Crippen LogP contribution is 2.27. The highest BCUT2D eigenvalue weighted by molar-refractivity contribution is 8.02. The van der Waals surface area contributed by atoms with Crippen LogP contribution in [0.15, 0.2) is 146 Å². The molecule has 0 radical (unpaired) electrons. The second-order valence-corrected chi connectivity index (χ2v) is 32.5. The predicted octanol–water partition coefficient (Wildman–Crippen LogP) is 2.80. The topological polar surface area (TPSA) is 432 Å². The lowest BCUT2D eigenvalue weighted by atomic mass is 9.99. The third-order valence-electron chi connectivity index (χ3n) is 20.8. The highest BCUT2D eigenvalue weighted by atomic mass is 32.2. The smallest absolute Gasteiger partial charge is 0.253 e. The molecule has 114 heavy (non-hydrogen) atoms. The van der Waals surface area contributed by atoms with Gasteiger partial charge in [0.25, 0.3) is 11.8 Å². The average molecular weight is 1600 g/mol. The summed E-state index contributed by atoms with van der Waals surface area (Å²) in [6.45, 7) is 7.40. The molecule has 30 nitrogen and oxygen atoms in total. The number of benzene rings is 4. The lowest BCUT2D eigenvalue weighted by Crippen LogP contribution is -2.61. The molecule has 4 aromatic carbocycles. The summed E-state index contributed by atoms with van der Waals surface area (Å²) in [5.74, 6) is -9.64. The monoisotopic (exact) mass is 1600 g/mol. The van der Waals surface area contributed by atoms with Gasteiger partial charge in [-0.2, -0.15) is 23.5 Å². The third kappa shape index (κ3) is 22.3. The third-order valence-corrected chi connectivity index (χ3v) is 23.0. The Kier molecular flexibility index (Phi) is 29.8. The number of hydrogen-bond acceptors (Lipinski definition) is 16. The number of primary amides is 2. The molecule has 0 saturated carbocycles. The largest absolute Gasteiger partial charge is 0.370 e. The number of H-pyrrole nitrogens is 2. The van der Waals surface area contributed by atoms with Gasteiger partial charge in [-0.25, -0.2) is 0 Å². The van der Waals surface area contributed by atoms with E-state index in [1.165, 1.54) is 81.8 Å². The zero-order chi connectivity index (χ0) is 81.9. The summed E-state index contributed by atoms with van der Waals surface area (Å²) in [4.78, 5) is 215. The number of thioether (sulfide) groups is 2. The van der Waals surface area contributed by atoms with Crippen LogP contribution in [0.1, 0.15) is 101 Å². The number of nitrogens with zero attached hydrogens (tertiary/aromatic N) is 4. The predicted molar refractivity (Wildman–Crippen MR) is 432 cm³/mol. The Balaban J connectivity index is 0.880. The molecule has 4 aliphatic heterocycles. The van der Waals surface area contributed by atoms with Crippen molar-refractivity contribution in [3.63, 3.8) is 0 Å². The zero-order valence-corrected chi connectivity index (χ0v) is 66.4. The number of carbonyl (C=O) groups excluding carboxylic acids is 14. The van der Waals surface area contributed by atoms with E-state index in [1.54, 1.807) is 73.1 Å². The van der Waals surface area contributed by atoms with Crippen LogP contribution in [0, 0.1) is 11.8 Å². The Hall–Kier alpha value is -11.3. The number of aromatic nitrogens is 2. The maximum absolute atomic E-state index is 15.2. The first-order chi connectivity index (χ1) is 54.6. The van der Waals surface area contributed by atoms with Crippen LogP contribution in [-0.4, -0.2) is 222 Å². The van der Waals surface area contributed by atoms with E-state index in [-0.39, 0.29) is 100 Å². The first-order valence-electron chi connectivity index (χ1n) is 38.5. The molecule has 6 unspecified atom stereocenters. The molecule has 606 valence electrons. The van der Waals surface area contributed by atoms with Gasteiger partial charge in [-0.05, 0) is 108 Å². The van der Waals surface area contributed by atoms with E-state index in [4.69, 9.17) is 11.5 Å². The summed E-state index contributed by atoms with van der Waals surface area (Å²) in [7, 11) is 2.85. The van der Waals surface area contributed by atoms with Crippen LogP contribution in [0.4, 0.5) is 0 Å². The average Bonchev–Trinajstić information content (AvgIpc) is 1.61. The van der Waals surface area contributed by atoms with Crippen LogP contribution in [-0.2, 0) is 92.8 Å². The van der Waals surface area contributed by atoms with Gasteiger partial charge < -0.3 is 83.6 Å². The molecular weight excluding hydrogens is 1500 g/mol. The normalized spacial score (nSPS) is 24.0. The van der Waals surface area contributed by atoms with Crippen LogP contribution in [0.25, 0.3) is 21.8 Å². The SMILES string of the molecule is CC(C)C[C@H]1C(=O)N[C@H](CCSCCSCC[C@H]2NC(=O)[C@H](CC(C)C)N3C=CC(NC(=O)[C@H](Cc4ccccc4)N(C)C(=O)C(Cc4c[nH]c5ccccc45)NC(=O)C(CCC(N)=O)NC2=O)C3=O)C(=O)NC(CCC(N)=O)C(=O)NC(Cc2c[nH]c3ccccc23)C(=O)N(C)[C@@H](Cc2ccccc2)C(=O)NC2C=CN1C2=O. The summed E-state index contributed by atoms with van der Waals surface area (Å²) < 4.78 is 0. The fraction of sp³-hybridized carbons (Fsp3) is 0.439. The molecule has 2 aromatic heterocycles. The maximum Gasteiger partial charge on any atom is 0.253 e. The Labute approximate surface area is 669 Å². The van der Waals surface area contributed by atoms with Crippen LogP contribution >= 0.6 is 23.5 Å². The number of nitrogens with one attached hydrogen (secondary N) is 10. The second kappa shape index (κ2) is 39.9. The Bertz CT molecular complexity index is 4290. The molecule has 6 heterocycles. The summed E-state index contributed by atoms with van der Waals surface area (Å²) in [5, 5.41) is 24.0. The number of hydrogen-bond donors (Lipinski definition) is 12. The first kappa shape index (κ1) is 85.2. The molecule has 4 aliphatic rings. The fourth-order valence-corrected chi connectivity index (χ4v) is 16.7. The summed E-state index contributed by atoms with van der Waals surface area (Å²) in [6, 6.07) is 16.5. The van der Waals surface area contributed by atoms with Crippen molar-refractivity contribution in [2.24, 2.45) is 23.3 Å².